The number of aromatic nitrogens is 2. The summed E-state index contributed by atoms with van der Waals surface area (Å²) in [5.41, 5.74) is 8.31. The van der Waals surface area contributed by atoms with Crippen LogP contribution in [0.5, 0.6) is 0 Å². The number of aliphatic carboxylic acids is 1. The van der Waals surface area contributed by atoms with Gasteiger partial charge < -0.3 is 10.8 Å². The largest absolute Gasteiger partial charge is 0.480 e. The minimum Gasteiger partial charge on any atom is -0.480 e. The Morgan fingerprint density at radius 3 is 2.48 bits per heavy atom. The molecule has 3 N–H and O–H groups in total. The molecule has 2 aromatic rings. The zero-order valence-electron chi connectivity index (χ0n) is 11.9. The van der Waals surface area contributed by atoms with Gasteiger partial charge in [0.25, 0.3) is 0 Å². The Labute approximate surface area is 122 Å². The molecule has 1 aromatic heterocycles. The lowest BCUT2D eigenvalue weighted by molar-refractivity contribution is -0.137. The number of nitrogens with zero attached hydrogens (tertiary/aromatic N) is 2. The van der Waals surface area contributed by atoms with Crippen molar-refractivity contribution < 1.29 is 14.7 Å². The lowest BCUT2D eigenvalue weighted by Gasteiger charge is -2.05. The van der Waals surface area contributed by atoms with Gasteiger partial charge in [0.2, 0.25) is 0 Å². The summed E-state index contributed by atoms with van der Waals surface area (Å²) in [5.74, 6) is -0.599. The molecule has 0 atom stereocenters. The summed E-state index contributed by atoms with van der Waals surface area (Å²) in [6.45, 7) is 3.80. The van der Waals surface area contributed by atoms with E-state index in [0.29, 0.717) is 17.9 Å². The fourth-order valence-electron chi connectivity index (χ4n) is 2.09. The summed E-state index contributed by atoms with van der Waals surface area (Å²) in [6, 6.07) is 7.63. The van der Waals surface area contributed by atoms with Crippen molar-refractivity contribution in [2.24, 2.45) is 0 Å². The van der Waals surface area contributed by atoms with Crippen LogP contribution < -0.4 is 5.73 Å². The first-order chi connectivity index (χ1) is 9.93. The lowest BCUT2D eigenvalue weighted by Crippen LogP contribution is -2.12. The van der Waals surface area contributed by atoms with E-state index in [4.69, 9.17) is 10.8 Å². The number of nitrogens with two attached hydrogens (primary N) is 1. The molecule has 110 valence electrons. The summed E-state index contributed by atoms with van der Waals surface area (Å²) in [6.07, 6.45) is 0.604. The van der Waals surface area contributed by atoms with Crippen molar-refractivity contribution in [3.05, 3.63) is 35.4 Å². The van der Waals surface area contributed by atoms with Crippen molar-refractivity contribution in [1.29, 1.82) is 0 Å². The molecule has 1 heterocycles. The van der Waals surface area contributed by atoms with Gasteiger partial charge in [0.1, 0.15) is 18.1 Å². The zero-order chi connectivity index (χ0) is 15.6. The van der Waals surface area contributed by atoms with Crippen molar-refractivity contribution >= 4 is 18.1 Å². The average molecular weight is 287 g/mol. The standard InChI is InChI=1S/C15H17N3O3/c1-9(2)10-3-5-11(6-4-10)14-12(8-19)15(16)18(17-14)7-13(20)21/h3-6,8-9H,7,16H2,1-2H3,(H,20,21). The highest BCUT2D eigenvalue weighted by atomic mass is 16.4. The van der Waals surface area contributed by atoms with Crippen molar-refractivity contribution in [3.63, 3.8) is 0 Å². The van der Waals surface area contributed by atoms with Crippen LogP contribution in [0.2, 0.25) is 0 Å². The van der Waals surface area contributed by atoms with E-state index >= 15 is 0 Å². The lowest BCUT2D eigenvalue weighted by atomic mass is 10.00. The van der Waals surface area contributed by atoms with Crippen LogP contribution in [-0.2, 0) is 11.3 Å². The molecule has 0 radical (unpaired) electrons. The van der Waals surface area contributed by atoms with Crippen LogP contribution >= 0.6 is 0 Å². The van der Waals surface area contributed by atoms with Gasteiger partial charge in [-0.1, -0.05) is 38.1 Å². The number of anilines is 1. The Bertz CT molecular complexity index is 672. The van der Waals surface area contributed by atoms with Gasteiger partial charge >= 0.3 is 5.97 Å². The number of hydrogen-bond donors (Lipinski definition) is 2. The maximum absolute atomic E-state index is 11.2. The van der Waals surface area contributed by atoms with Crippen LogP contribution in [0.3, 0.4) is 0 Å². The first-order valence-electron chi connectivity index (χ1n) is 6.57. The van der Waals surface area contributed by atoms with Crippen LogP contribution in [0, 0.1) is 0 Å². The van der Waals surface area contributed by atoms with E-state index in [1.807, 2.05) is 24.3 Å². The Kier molecular flexibility index (Phi) is 4.07. The third-order valence-corrected chi connectivity index (χ3v) is 3.28. The molecule has 0 saturated carbocycles. The Balaban J connectivity index is 2.47. The van der Waals surface area contributed by atoms with Gasteiger partial charge in [0.05, 0.1) is 5.56 Å². The molecule has 6 nitrogen and oxygen atoms in total. The predicted octanol–water partition coefficient (Wildman–Crippen LogP) is 2.15. The van der Waals surface area contributed by atoms with Crippen LogP contribution in [0.1, 0.15) is 35.7 Å². The first kappa shape index (κ1) is 14.8. The molecule has 0 unspecified atom stereocenters. The van der Waals surface area contributed by atoms with Crippen LogP contribution in [-0.4, -0.2) is 27.1 Å². The molecule has 2 rings (SSSR count). The molecule has 0 fully saturated rings. The maximum Gasteiger partial charge on any atom is 0.325 e. The molecular weight excluding hydrogens is 270 g/mol. The summed E-state index contributed by atoms with van der Waals surface area (Å²) in [7, 11) is 0. The fourth-order valence-corrected chi connectivity index (χ4v) is 2.09. The third-order valence-electron chi connectivity index (χ3n) is 3.28. The second kappa shape index (κ2) is 5.78. The van der Waals surface area contributed by atoms with Gasteiger partial charge in [0, 0.05) is 5.56 Å². The molecule has 0 aliphatic carbocycles. The zero-order valence-corrected chi connectivity index (χ0v) is 11.9. The number of benzene rings is 1. The molecule has 6 heteroatoms. The van der Waals surface area contributed by atoms with E-state index in [-0.39, 0.29) is 17.9 Å². The third kappa shape index (κ3) is 2.94. The van der Waals surface area contributed by atoms with E-state index < -0.39 is 5.97 Å². The van der Waals surface area contributed by atoms with Gasteiger partial charge in [-0.05, 0) is 11.5 Å². The van der Waals surface area contributed by atoms with Crippen molar-refractivity contribution in [1.82, 2.24) is 9.78 Å². The number of carboxylic acids is 1. The minimum absolute atomic E-state index is 0.0651. The highest BCUT2D eigenvalue weighted by Gasteiger charge is 2.18. The number of rotatable bonds is 5. The molecule has 0 aliphatic heterocycles. The van der Waals surface area contributed by atoms with Crippen molar-refractivity contribution in [2.75, 3.05) is 5.73 Å². The topological polar surface area (TPSA) is 98.2 Å². The Hall–Kier alpha value is -2.63. The van der Waals surface area contributed by atoms with Crippen molar-refractivity contribution in [3.8, 4) is 11.3 Å². The SMILES string of the molecule is CC(C)c1ccc(-c2nn(CC(=O)O)c(N)c2C=O)cc1. The van der Waals surface area contributed by atoms with Crippen LogP contribution in [0.4, 0.5) is 5.82 Å². The second-order valence-corrected chi connectivity index (χ2v) is 5.09. The number of carboxylic acid groups (broad SMARTS) is 1. The molecule has 0 spiro atoms. The molecule has 0 bridgehead atoms. The van der Waals surface area contributed by atoms with E-state index in [1.165, 1.54) is 5.56 Å². The van der Waals surface area contributed by atoms with Crippen molar-refractivity contribution in [2.45, 2.75) is 26.3 Å². The van der Waals surface area contributed by atoms with Gasteiger partial charge in [-0.25, -0.2) is 4.68 Å². The molecule has 1 aromatic carbocycles. The number of carbonyl (C=O) groups excluding carboxylic acids is 1. The number of aldehydes is 1. The molecule has 0 aliphatic rings. The molecule has 21 heavy (non-hydrogen) atoms. The van der Waals surface area contributed by atoms with E-state index in [2.05, 4.69) is 18.9 Å². The summed E-state index contributed by atoms with van der Waals surface area (Å²) in [4.78, 5) is 22.0. The Morgan fingerprint density at radius 2 is 2.00 bits per heavy atom. The second-order valence-electron chi connectivity index (χ2n) is 5.09. The fraction of sp³-hybridized carbons (Fsp3) is 0.267. The number of hydrogen-bond acceptors (Lipinski definition) is 4. The predicted molar refractivity (Wildman–Crippen MR) is 79.2 cm³/mol. The monoisotopic (exact) mass is 287 g/mol. The molecule has 0 saturated heterocycles. The summed E-state index contributed by atoms with van der Waals surface area (Å²) >= 11 is 0. The van der Waals surface area contributed by atoms with E-state index in [9.17, 15) is 9.59 Å². The van der Waals surface area contributed by atoms with Gasteiger partial charge in [0.15, 0.2) is 6.29 Å². The highest BCUT2D eigenvalue weighted by molar-refractivity contribution is 5.91. The normalized spacial score (nSPS) is 10.8. The van der Waals surface area contributed by atoms with Crippen LogP contribution in [0.25, 0.3) is 11.3 Å². The van der Waals surface area contributed by atoms with Gasteiger partial charge in [-0.15, -0.1) is 0 Å². The number of nitrogen functional groups attached to an aromatic ring is 1. The van der Waals surface area contributed by atoms with Gasteiger partial charge in [-0.2, -0.15) is 5.10 Å². The Morgan fingerprint density at radius 1 is 1.38 bits per heavy atom. The summed E-state index contributed by atoms with van der Waals surface area (Å²) in [5, 5.41) is 13.0. The molecule has 0 amide bonds. The smallest absolute Gasteiger partial charge is 0.325 e. The average Bonchev–Trinajstić information content (AvgIpc) is 2.75. The minimum atomic E-state index is -1.07. The number of carbonyl (C=O) groups is 2. The van der Waals surface area contributed by atoms with Gasteiger partial charge in [-0.3, -0.25) is 9.59 Å². The van der Waals surface area contributed by atoms with E-state index in [0.717, 1.165) is 10.2 Å². The highest BCUT2D eigenvalue weighted by Crippen LogP contribution is 2.27. The quantitative estimate of drug-likeness (QED) is 0.821. The van der Waals surface area contributed by atoms with Crippen LogP contribution in [0.15, 0.2) is 24.3 Å². The maximum atomic E-state index is 11.2. The summed E-state index contributed by atoms with van der Waals surface area (Å²) < 4.78 is 1.12. The molecular formula is C15H17N3O3. The van der Waals surface area contributed by atoms with E-state index in [1.54, 1.807) is 0 Å². The first-order valence-corrected chi connectivity index (χ1v) is 6.57.